The van der Waals surface area contributed by atoms with Gasteiger partial charge in [0, 0.05) is 11.6 Å². The minimum atomic E-state index is -0.896. The van der Waals surface area contributed by atoms with Gasteiger partial charge < -0.3 is 10.0 Å². The molecular weight excluding hydrogens is 548 g/mol. The molecule has 1 aromatic carbocycles. The zero-order chi connectivity index (χ0) is 25.7. The molecule has 2 aromatic heterocycles. The van der Waals surface area contributed by atoms with Crippen molar-refractivity contribution in [3.05, 3.63) is 36.7 Å². The van der Waals surface area contributed by atoms with E-state index in [9.17, 15) is 5.11 Å². The van der Waals surface area contributed by atoms with E-state index in [1.807, 2.05) is 12.1 Å². The Morgan fingerprint density at radius 1 is 0.973 bits per heavy atom. The van der Waals surface area contributed by atoms with Crippen LogP contribution in [0, 0.1) is 11.8 Å². The van der Waals surface area contributed by atoms with Gasteiger partial charge in [0.25, 0.3) is 0 Å². The van der Waals surface area contributed by atoms with E-state index < -0.39 is 8.91 Å². The molecule has 0 unspecified atom stereocenters. The number of rotatable bonds is 7. The van der Waals surface area contributed by atoms with E-state index in [2.05, 4.69) is 68.2 Å². The number of benzene rings is 1. The van der Waals surface area contributed by atoms with Crippen LogP contribution < -0.4 is 4.90 Å². The summed E-state index contributed by atoms with van der Waals surface area (Å²) in [6.45, 7) is 0. The Bertz CT molecular complexity index is 1290. The van der Waals surface area contributed by atoms with Gasteiger partial charge in [0.05, 0.1) is 24.0 Å². The summed E-state index contributed by atoms with van der Waals surface area (Å²) in [6, 6.07) is 7.24. The summed E-state index contributed by atoms with van der Waals surface area (Å²) < 4.78 is 14.5. The predicted molar refractivity (Wildman–Crippen MR) is 153 cm³/mol. The fourth-order valence-electron chi connectivity index (χ4n) is 5.76. The van der Waals surface area contributed by atoms with E-state index in [4.69, 9.17) is 0 Å². The third-order valence-electron chi connectivity index (χ3n) is 7.53. The fraction of sp³-hybridized carbons (Fsp3) is 0.480. The number of hydrogen-bond donors (Lipinski definition) is 4. The maximum Gasteiger partial charge on any atom is 0.185 e. The molecule has 194 valence electrons. The Hall–Kier alpha value is -1.76. The molecule has 6 rings (SSSR count). The van der Waals surface area contributed by atoms with Crippen LogP contribution in [0.2, 0.25) is 0 Å². The normalized spacial score (nSPS) is 25.3. The first kappa shape index (κ1) is 25.5. The zero-order valence-electron chi connectivity index (χ0n) is 19.9. The van der Waals surface area contributed by atoms with E-state index in [0.717, 1.165) is 49.7 Å². The molecule has 12 heteroatoms. The second-order valence-electron chi connectivity index (χ2n) is 10.2. The molecule has 3 aliphatic carbocycles. The minimum Gasteiger partial charge on any atom is -0.507 e. The van der Waals surface area contributed by atoms with Crippen molar-refractivity contribution >= 4 is 55.5 Å². The number of halogens is 1. The van der Waals surface area contributed by atoms with Gasteiger partial charge in [-0.1, -0.05) is 17.8 Å². The highest BCUT2D eigenvalue weighted by Crippen LogP contribution is 2.48. The number of nitrogens with zero attached hydrogens (tertiary/aromatic N) is 6. The Morgan fingerprint density at radius 2 is 1.81 bits per heavy atom. The molecule has 3 aromatic rings. The third-order valence-corrected chi connectivity index (χ3v) is 9.04. The smallest absolute Gasteiger partial charge is 0.185 e. The van der Waals surface area contributed by atoms with E-state index in [1.54, 1.807) is 24.5 Å². The number of hydrogen-bond acceptors (Lipinski definition) is 11. The summed E-state index contributed by atoms with van der Waals surface area (Å²) >= 11 is 14.1. The lowest BCUT2D eigenvalue weighted by Crippen LogP contribution is -2.49. The van der Waals surface area contributed by atoms with E-state index in [-0.39, 0.29) is 17.7 Å². The number of anilines is 1. The molecule has 0 aliphatic heterocycles. The molecule has 3 aliphatic rings. The van der Waals surface area contributed by atoms with Crippen LogP contribution >= 0.6 is 49.6 Å². The molecule has 0 saturated heterocycles. The first-order chi connectivity index (χ1) is 17.7. The van der Waals surface area contributed by atoms with Crippen molar-refractivity contribution in [2.45, 2.75) is 64.5 Å². The summed E-state index contributed by atoms with van der Waals surface area (Å²) in [5.74, 6) is 1.75. The first-order valence-corrected chi connectivity index (χ1v) is 14.6. The zero-order valence-corrected chi connectivity index (χ0v) is 23.4. The Labute approximate surface area is 235 Å². The molecular formula is C25H27FN6OS4. The molecule has 2 bridgehead atoms. The maximum atomic E-state index is 15.4. The van der Waals surface area contributed by atoms with E-state index in [1.165, 1.54) is 11.8 Å². The average molecular weight is 575 g/mol. The molecule has 0 amide bonds. The molecule has 4 atom stereocenters. The summed E-state index contributed by atoms with van der Waals surface area (Å²) in [4.78, 5) is 6.66. The lowest BCUT2D eigenvalue weighted by atomic mass is 9.83. The van der Waals surface area contributed by atoms with Gasteiger partial charge in [0.1, 0.15) is 16.9 Å². The number of thioether (sulfide) groups is 1. The number of phenols is 1. The highest BCUT2D eigenvalue weighted by Gasteiger charge is 2.48. The second kappa shape index (κ2) is 10.1. The van der Waals surface area contributed by atoms with Gasteiger partial charge in [0.15, 0.2) is 14.4 Å². The topological polar surface area (TPSA) is 87.9 Å². The second-order valence-corrected chi connectivity index (χ2v) is 15.4. The number of alkyl halides is 1. The largest absolute Gasteiger partial charge is 0.507 e. The molecule has 1 N–H and O–H groups in total. The van der Waals surface area contributed by atoms with Gasteiger partial charge in [0.2, 0.25) is 0 Å². The minimum absolute atomic E-state index is 0.0247. The van der Waals surface area contributed by atoms with Crippen molar-refractivity contribution in [3.8, 4) is 28.3 Å². The van der Waals surface area contributed by atoms with Gasteiger partial charge in [-0.2, -0.15) is 5.10 Å². The number of thiol groups is 3. The summed E-state index contributed by atoms with van der Waals surface area (Å²) in [6.07, 6.45) is 8.57. The van der Waals surface area contributed by atoms with Crippen molar-refractivity contribution < 1.29 is 9.50 Å². The predicted octanol–water partition coefficient (Wildman–Crippen LogP) is 5.69. The Morgan fingerprint density at radius 3 is 2.51 bits per heavy atom. The van der Waals surface area contributed by atoms with Crippen molar-refractivity contribution in [1.29, 1.82) is 0 Å². The highest BCUT2D eigenvalue weighted by molar-refractivity contribution is 8.36. The van der Waals surface area contributed by atoms with Crippen LogP contribution in [0.1, 0.15) is 38.5 Å². The molecule has 7 nitrogen and oxygen atoms in total. The fourth-order valence-corrected chi connectivity index (χ4v) is 7.15. The van der Waals surface area contributed by atoms with Crippen LogP contribution in [-0.4, -0.2) is 51.5 Å². The average Bonchev–Trinajstić information content (AvgIpc) is 3.61. The molecule has 37 heavy (non-hydrogen) atoms. The molecule has 3 fully saturated rings. The van der Waals surface area contributed by atoms with Gasteiger partial charge in [-0.25, -0.2) is 9.37 Å². The van der Waals surface area contributed by atoms with Crippen molar-refractivity contribution in [2.75, 3.05) is 4.90 Å². The van der Waals surface area contributed by atoms with Crippen LogP contribution in [0.4, 0.5) is 10.2 Å². The van der Waals surface area contributed by atoms with Crippen LogP contribution in [0.3, 0.4) is 0 Å². The highest BCUT2D eigenvalue weighted by atomic mass is 32.3. The van der Waals surface area contributed by atoms with Gasteiger partial charge in [-0.15, -0.1) is 53.2 Å². The maximum absolute atomic E-state index is 15.4. The summed E-state index contributed by atoms with van der Waals surface area (Å²) in [5.41, 5.74) is 2.00. The third kappa shape index (κ3) is 5.53. The monoisotopic (exact) mass is 574 g/mol. The van der Waals surface area contributed by atoms with Crippen LogP contribution in [0.15, 0.2) is 41.7 Å². The standard InChI is InChI=1S/C25H27FN6OS4/c26-23-15-2-1-13(7-15)8-19(23)32(17-4-5-17)21-12-27-24(31-29-21)18-6-3-14(9-20(18)33)16-10-22(30-28-11-16)37-25(34,35)36/h3,6,9-13,15,17,19,23,33-36H,1-2,4-5,7-8H2/t13-,15+,19+,23-/m0/s1. The quantitative estimate of drug-likeness (QED) is 0.163. The lowest BCUT2D eigenvalue weighted by Gasteiger charge is -2.40. The van der Waals surface area contributed by atoms with Crippen molar-refractivity contribution in [3.63, 3.8) is 0 Å². The van der Waals surface area contributed by atoms with Gasteiger partial charge in [-0.05, 0) is 74.1 Å². The van der Waals surface area contributed by atoms with Crippen LogP contribution in [-0.2, 0) is 0 Å². The van der Waals surface area contributed by atoms with Crippen molar-refractivity contribution in [1.82, 2.24) is 25.4 Å². The molecule has 2 heterocycles. The molecule has 0 spiro atoms. The number of aromatic hydroxyl groups is 1. The number of fused-ring (bicyclic) bond motifs is 2. The molecule has 0 radical (unpaired) electrons. The SMILES string of the molecule is Oc1cc(-c2cnnc(SC(S)(S)S)c2)ccc1-c1ncc(N(C2CC2)[C@@H]2C[C@H]3CC[C@H](C3)[C@@H]2F)nn1. The van der Waals surface area contributed by atoms with Crippen LogP contribution in [0.25, 0.3) is 22.5 Å². The van der Waals surface area contributed by atoms with Gasteiger partial charge in [-0.3, -0.25) is 0 Å². The molecule has 3 saturated carbocycles. The number of aromatic nitrogens is 5. The van der Waals surface area contributed by atoms with Gasteiger partial charge >= 0.3 is 0 Å². The Kier molecular flexibility index (Phi) is 6.96. The lowest BCUT2D eigenvalue weighted by molar-refractivity contribution is 0.140. The van der Waals surface area contributed by atoms with E-state index in [0.29, 0.717) is 34.2 Å². The first-order valence-electron chi connectivity index (χ1n) is 12.4. The van der Waals surface area contributed by atoms with Crippen LogP contribution in [0.5, 0.6) is 5.75 Å². The van der Waals surface area contributed by atoms with E-state index >= 15 is 4.39 Å². The summed E-state index contributed by atoms with van der Waals surface area (Å²) in [7, 11) is 0. The number of phenolic OH excluding ortho intramolecular Hbond substituents is 1. The van der Waals surface area contributed by atoms with Crippen molar-refractivity contribution in [2.24, 2.45) is 11.8 Å². The Balaban J connectivity index is 1.23. The summed E-state index contributed by atoms with van der Waals surface area (Å²) in [5, 5.41) is 28.3.